The number of esters is 1. The highest BCUT2D eigenvalue weighted by molar-refractivity contribution is 5.87. The van der Waals surface area contributed by atoms with Gasteiger partial charge in [0.05, 0.1) is 17.6 Å². The summed E-state index contributed by atoms with van der Waals surface area (Å²) in [6.45, 7) is 3.37. The van der Waals surface area contributed by atoms with Crippen LogP contribution in [0.2, 0.25) is 0 Å². The molecule has 0 unspecified atom stereocenters. The summed E-state index contributed by atoms with van der Waals surface area (Å²) in [4.78, 5) is 21.1. The van der Waals surface area contributed by atoms with E-state index >= 15 is 0 Å². The zero-order chi connectivity index (χ0) is 13.7. The van der Waals surface area contributed by atoms with E-state index in [2.05, 4.69) is 4.74 Å². The van der Waals surface area contributed by atoms with Crippen LogP contribution < -0.4 is 0 Å². The van der Waals surface area contributed by atoms with Crippen LogP contribution >= 0.6 is 0 Å². The molecule has 6 heteroatoms. The minimum Gasteiger partial charge on any atom is -0.463 e. The van der Waals surface area contributed by atoms with Gasteiger partial charge in [-0.05, 0) is 31.6 Å². The van der Waals surface area contributed by atoms with Crippen molar-refractivity contribution in [3.63, 3.8) is 0 Å². The van der Waals surface area contributed by atoms with Crippen LogP contribution in [0, 0.1) is 22.9 Å². The first-order valence-corrected chi connectivity index (χ1v) is 5.25. The lowest BCUT2D eigenvalue weighted by molar-refractivity contribution is -0.385. The van der Waals surface area contributed by atoms with Gasteiger partial charge in [0.25, 0.3) is 5.69 Å². The second kappa shape index (κ2) is 5.90. The number of benzene rings is 1. The molecule has 0 heterocycles. The molecule has 0 aromatic heterocycles. The molecule has 0 spiro atoms. The van der Waals surface area contributed by atoms with Crippen molar-refractivity contribution in [1.29, 1.82) is 0 Å². The summed E-state index contributed by atoms with van der Waals surface area (Å²) in [5.74, 6) is -1.31. The number of hydrogen-bond acceptors (Lipinski definition) is 4. The molecule has 0 aliphatic carbocycles. The summed E-state index contributed by atoms with van der Waals surface area (Å²) < 4.78 is 17.8. The van der Waals surface area contributed by atoms with Gasteiger partial charge >= 0.3 is 5.97 Å². The van der Waals surface area contributed by atoms with Crippen molar-refractivity contribution in [3.05, 3.63) is 45.3 Å². The third kappa shape index (κ3) is 3.38. The molecule has 0 atom stereocenters. The summed E-state index contributed by atoms with van der Waals surface area (Å²) in [7, 11) is 0. The van der Waals surface area contributed by atoms with Crippen molar-refractivity contribution in [3.8, 4) is 0 Å². The Morgan fingerprint density at radius 2 is 2.22 bits per heavy atom. The molecule has 0 fully saturated rings. The zero-order valence-electron chi connectivity index (χ0n) is 9.97. The number of ether oxygens (including phenoxy) is 1. The highest BCUT2D eigenvalue weighted by atomic mass is 19.1. The van der Waals surface area contributed by atoms with Crippen molar-refractivity contribution in [1.82, 2.24) is 0 Å². The van der Waals surface area contributed by atoms with Crippen LogP contribution in [0.3, 0.4) is 0 Å². The highest BCUT2D eigenvalue weighted by Gasteiger charge is 2.15. The maximum atomic E-state index is 13.2. The summed E-state index contributed by atoms with van der Waals surface area (Å²) in [5, 5.41) is 10.7. The normalized spacial score (nSPS) is 10.6. The number of nitro benzene ring substituents is 1. The molecule has 1 aromatic carbocycles. The molecule has 0 aliphatic heterocycles. The molecule has 96 valence electrons. The molecule has 18 heavy (non-hydrogen) atoms. The Kier molecular flexibility index (Phi) is 4.53. The molecule has 0 aliphatic rings. The Hall–Kier alpha value is -2.24. The second-order valence-corrected chi connectivity index (χ2v) is 3.48. The van der Waals surface area contributed by atoms with Crippen LogP contribution in [0.25, 0.3) is 6.08 Å². The fraction of sp³-hybridized carbons (Fsp3) is 0.250. The average molecular weight is 253 g/mol. The number of carbonyl (C=O) groups excluding carboxylic acids is 1. The van der Waals surface area contributed by atoms with E-state index in [1.807, 2.05) is 0 Å². The van der Waals surface area contributed by atoms with Gasteiger partial charge in [0.2, 0.25) is 0 Å². The van der Waals surface area contributed by atoms with Crippen molar-refractivity contribution < 1.29 is 18.8 Å². The van der Waals surface area contributed by atoms with Gasteiger partial charge in [0.15, 0.2) is 0 Å². The molecule has 0 saturated carbocycles. The monoisotopic (exact) mass is 253 g/mol. The van der Waals surface area contributed by atoms with Gasteiger partial charge in [-0.15, -0.1) is 0 Å². The van der Waals surface area contributed by atoms with Crippen LogP contribution in [-0.4, -0.2) is 17.5 Å². The van der Waals surface area contributed by atoms with Gasteiger partial charge in [-0.2, -0.15) is 0 Å². The first-order chi connectivity index (χ1) is 8.45. The minimum absolute atomic E-state index is 0.228. The van der Waals surface area contributed by atoms with Gasteiger partial charge in [-0.1, -0.05) is 0 Å². The molecule has 0 saturated heterocycles. The summed E-state index contributed by atoms with van der Waals surface area (Å²) >= 11 is 0. The van der Waals surface area contributed by atoms with Gasteiger partial charge in [-0.25, -0.2) is 9.18 Å². The predicted molar refractivity (Wildman–Crippen MR) is 63.5 cm³/mol. The number of nitro groups is 1. The van der Waals surface area contributed by atoms with Crippen molar-refractivity contribution >= 4 is 17.7 Å². The Labute approximate surface area is 103 Å². The van der Waals surface area contributed by atoms with Gasteiger partial charge < -0.3 is 4.74 Å². The molecule has 1 aromatic rings. The molecule has 5 nitrogen and oxygen atoms in total. The maximum Gasteiger partial charge on any atom is 0.330 e. The van der Waals surface area contributed by atoms with Crippen LogP contribution in [0.1, 0.15) is 18.1 Å². The molecular weight excluding hydrogens is 241 g/mol. The first kappa shape index (κ1) is 13.8. The number of rotatable bonds is 4. The lowest BCUT2D eigenvalue weighted by Gasteiger charge is -2.02. The lowest BCUT2D eigenvalue weighted by atomic mass is 10.1. The Balaban J connectivity index is 3.10. The van der Waals surface area contributed by atoms with Crippen molar-refractivity contribution in [2.75, 3.05) is 6.61 Å². The molecular formula is C12H12FNO4. The van der Waals surface area contributed by atoms with E-state index < -0.39 is 16.7 Å². The van der Waals surface area contributed by atoms with Crippen LogP contribution in [0.15, 0.2) is 18.2 Å². The maximum absolute atomic E-state index is 13.2. The molecule has 0 radical (unpaired) electrons. The fourth-order valence-electron chi connectivity index (χ4n) is 1.40. The van der Waals surface area contributed by atoms with Crippen LogP contribution in [0.5, 0.6) is 0 Å². The van der Waals surface area contributed by atoms with E-state index in [9.17, 15) is 19.3 Å². The van der Waals surface area contributed by atoms with Gasteiger partial charge in [-0.3, -0.25) is 10.1 Å². The van der Waals surface area contributed by atoms with E-state index in [1.165, 1.54) is 13.0 Å². The highest BCUT2D eigenvalue weighted by Crippen LogP contribution is 2.24. The van der Waals surface area contributed by atoms with Crippen LogP contribution in [-0.2, 0) is 9.53 Å². The predicted octanol–water partition coefficient (Wildman–Crippen LogP) is 2.62. The Morgan fingerprint density at radius 1 is 1.56 bits per heavy atom. The number of halogens is 1. The Bertz CT molecular complexity index is 511. The van der Waals surface area contributed by atoms with Gasteiger partial charge in [0, 0.05) is 11.6 Å². The van der Waals surface area contributed by atoms with Gasteiger partial charge in [0.1, 0.15) is 5.82 Å². The Morgan fingerprint density at radius 3 is 2.78 bits per heavy atom. The third-order valence-corrected chi connectivity index (χ3v) is 2.27. The SMILES string of the molecule is CCOC(=O)C=Cc1cc(F)cc([N+](=O)[O-])c1C. The minimum atomic E-state index is -0.726. The van der Waals surface area contributed by atoms with E-state index in [-0.39, 0.29) is 17.9 Å². The average Bonchev–Trinajstić information content (AvgIpc) is 2.30. The largest absolute Gasteiger partial charge is 0.463 e. The molecule has 1 rings (SSSR count). The number of hydrogen-bond donors (Lipinski definition) is 0. The topological polar surface area (TPSA) is 69.4 Å². The van der Waals surface area contributed by atoms with E-state index in [1.54, 1.807) is 6.92 Å². The quantitative estimate of drug-likeness (QED) is 0.358. The summed E-state index contributed by atoms with van der Waals surface area (Å²) in [5.41, 5.74) is 0.246. The lowest BCUT2D eigenvalue weighted by Crippen LogP contribution is -1.99. The first-order valence-electron chi connectivity index (χ1n) is 5.25. The van der Waals surface area contributed by atoms with Crippen LogP contribution in [0.4, 0.5) is 10.1 Å². The standard InChI is InChI=1S/C12H12FNO4/c1-3-18-12(15)5-4-9-6-10(13)7-11(8(9)2)14(16)17/h4-7H,3H2,1-2H3. The van der Waals surface area contributed by atoms with E-state index in [4.69, 9.17) is 0 Å². The molecule has 0 amide bonds. The summed E-state index contributed by atoms with van der Waals surface area (Å²) in [6.07, 6.45) is 2.40. The number of carbonyl (C=O) groups is 1. The molecule has 0 N–H and O–H groups in total. The van der Waals surface area contributed by atoms with E-state index in [0.29, 0.717) is 5.56 Å². The summed E-state index contributed by atoms with van der Waals surface area (Å²) in [6, 6.07) is 1.97. The van der Waals surface area contributed by atoms with E-state index in [0.717, 1.165) is 18.2 Å². The fourth-order valence-corrected chi connectivity index (χ4v) is 1.40. The zero-order valence-corrected chi connectivity index (χ0v) is 9.97. The van der Waals surface area contributed by atoms with Crippen molar-refractivity contribution in [2.24, 2.45) is 0 Å². The third-order valence-electron chi connectivity index (χ3n) is 2.27. The smallest absolute Gasteiger partial charge is 0.330 e. The second-order valence-electron chi connectivity index (χ2n) is 3.48. The van der Waals surface area contributed by atoms with Crippen molar-refractivity contribution in [2.45, 2.75) is 13.8 Å². The molecule has 0 bridgehead atoms. The number of nitrogens with zero attached hydrogens (tertiary/aromatic N) is 1.